The van der Waals surface area contributed by atoms with Gasteiger partial charge in [-0.05, 0) is 30.3 Å². The third-order valence-corrected chi connectivity index (χ3v) is 6.10. The van der Waals surface area contributed by atoms with Gasteiger partial charge in [0, 0.05) is 5.56 Å². The molecule has 0 unspecified atom stereocenters. The third kappa shape index (κ3) is 3.80. The van der Waals surface area contributed by atoms with Crippen LogP contribution in [0.3, 0.4) is 0 Å². The number of rotatable bonds is 4. The maximum absolute atomic E-state index is 13.3. The molecule has 0 spiro atoms. The average molecular weight is 353 g/mol. The maximum Gasteiger partial charge on any atom is 0.243 e. The number of piperazine rings is 1. The van der Waals surface area contributed by atoms with Gasteiger partial charge < -0.3 is 4.90 Å². The molecule has 1 saturated heterocycles. The molecule has 1 aliphatic rings. The Balaban J connectivity index is 1.64. The normalized spacial score (nSPS) is 17.1. The van der Waals surface area contributed by atoms with Crippen LogP contribution in [0.1, 0.15) is 5.56 Å². The minimum Gasteiger partial charge on any atom is -0.329 e. The number of nitrogens with zero attached hydrogens (tertiary/aromatic N) is 1. The van der Waals surface area contributed by atoms with E-state index in [2.05, 4.69) is 0 Å². The number of hydrogen-bond donors (Lipinski definition) is 1. The van der Waals surface area contributed by atoms with Crippen LogP contribution in [-0.2, 0) is 16.6 Å². The summed E-state index contributed by atoms with van der Waals surface area (Å²) in [6.07, 6.45) is 0. The Morgan fingerprint density at radius 1 is 0.958 bits per heavy atom. The molecule has 3 rings (SSSR count). The molecule has 0 aliphatic carbocycles. The van der Waals surface area contributed by atoms with Crippen molar-refractivity contribution in [2.75, 3.05) is 26.2 Å². The van der Waals surface area contributed by atoms with Crippen LogP contribution in [0.25, 0.3) is 0 Å². The van der Waals surface area contributed by atoms with Gasteiger partial charge in [-0.1, -0.05) is 18.2 Å². The van der Waals surface area contributed by atoms with E-state index in [9.17, 15) is 17.2 Å². The highest BCUT2D eigenvalue weighted by Crippen LogP contribution is 2.16. The van der Waals surface area contributed by atoms with Gasteiger partial charge in [0.05, 0.1) is 31.1 Å². The molecule has 4 nitrogen and oxygen atoms in total. The largest absolute Gasteiger partial charge is 0.329 e. The van der Waals surface area contributed by atoms with Crippen LogP contribution >= 0.6 is 0 Å². The van der Waals surface area contributed by atoms with Crippen molar-refractivity contribution in [2.24, 2.45) is 0 Å². The molecule has 2 aromatic rings. The third-order valence-electron chi connectivity index (χ3n) is 4.21. The Morgan fingerprint density at radius 2 is 1.58 bits per heavy atom. The summed E-state index contributed by atoms with van der Waals surface area (Å²) in [6, 6.07) is 11.5. The van der Waals surface area contributed by atoms with Gasteiger partial charge in [0.1, 0.15) is 18.2 Å². The summed E-state index contributed by atoms with van der Waals surface area (Å²) in [5.74, 6) is -0.828. The maximum atomic E-state index is 13.3. The second kappa shape index (κ2) is 6.96. The molecular formula is C17H19F2N2O2S+. The molecule has 128 valence electrons. The fraction of sp³-hybridized carbons (Fsp3) is 0.294. The van der Waals surface area contributed by atoms with Gasteiger partial charge in [-0.2, -0.15) is 4.31 Å². The molecule has 0 bridgehead atoms. The summed E-state index contributed by atoms with van der Waals surface area (Å²) < 4.78 is 53.0. The van der Waals surface area contributed by atoms with Crippen molar-refractivity contribution >= 4 is 10.0 Å². The Morgan fingerprint density at radius 3 is 2.21 bits per heavy atom. The fourth-order valence-electron chi connectivity index (χ4n) is 2.93. The number of benzene rings is 2. The molecule has 0 radical (unpaired) electrons. The summed E-state index contributed by atoms with van der Waals surface area (Å²) in [7, 11) is -3.67. The first-order chi connectivity index (χ1) is 11.4. The lowest BCUT2D eigenvalue weighted by molar-refractivity contribution is -0.917. The summed E-state index contributed by atoms with van der Waals surface area (Å²) in [5, 5.41) is 0. The van der Waals surface area contributed by atoms with Crippen molar-refractivity contribution in [3.63, 3.8) is 0 Å². The van der Waals surface area contributed by atoms with E-state index in [0.717, 1.165) is 11.6 Å². The molecule has 2 aromatic carbocycles. The number of sulfonamides is 1. The Labute approximate surface area is 140 Å². The number of nitrogens with one attached hydrogen (secondary N) is 1. The van der Waals surface area contributed by atoms with E-state index >= 15 is 0 Å². The first-order valence-electron chi connectivity index (χ1n) is 7.79. The lowest BCUT2D eigenvalue weighted by atomic mass is 10.2. The molecule has 24 heavy (non-hydrogen) atoms. The molecule has 0 saturated carbocycles. The smallest absolute Gasteiger partial charge is 0.243 e. The quantitative estimate of drug-likeness (QED) is 0.893. The van der Waals surface area contributed by atoms with Crippen LogP contribution in [0.5, 0.6) is 0 Å². The first kappa shape index (κ1) is 17.0. The second-order valence-electron chi connectivity index (χ2n) is 5.92. The molecular weight excluding hydrogens is 334 g/mol. The highest BCUT2D eigenvalue weighted by Gasteiger charge is 2.30. The number of quaternary nitrogens is 1. The number of halogens is 2. The molecule has 1 aliphatic heterocycles. The summed E-state index contributed by atoms with van der Waals surface area (Å²) in [5.41, 5.74) is 0.895. The number of hydrogen-bond acceptors (Lipinski definition) is 2. The van der Waals surface area contributed by atoms with Gasteiger partial charge >= 0.3 is 0 Å². The Hall–Kier alpha value is -1.83. The lowest BCUT2D eigenvalue weighted by Gasteiger charge is -2.31. The minimum atomic E-state index is -3.67. The summed E-state index contributed by atoms with van der Waals surface area (Å²) in [4.78, 5) is 1.18. The Bertz CT molecular complexity index is 819. The fourth-order valence-corrected chi connectivity index (χ4v) is 4.41. The highest BCUT2D eigenvalue weighted by molar-refractivity contribution is 7.89. The van der Waals surface area contributed by atoms with Crippen molar-refractivity contribution in [3.8, 4) is 0 Å². The van der Waals surface area contributed by atoms with Crippen LogP contribution in [0.15, 0.2) is 53.4 Å². The van der Waals surface area contributed by atoms with Crippen molar-refractivity contribution < 1.29 is 22.1 Å². The molecule has 7 heteroatoms. The molecule has 1 N–H and O–H groups in total. The van der Waals surface area contributed by atoms with E-state index in [-0.39, 0.29) is 10.7 Å². The summed E-state index contributed by atoms with van der Waals surface area (Å²) >= 11 is 0. The zero-order valence-corrected chi connectivity index (χ0v) is 13.9. The molecule has 1 fully saturated rings. The lowest BCUT2D eigenvalue weighted by Crippen LogP contribution is -3.13. The van der Waals surface area contributed by atoms with E-state index in [1.807, 2.05) is 6.07 Å². The van der Waals surface area contributed by atoms with Crippen molar-refractivity contribution in [1.29, 1.82) is 0 Å². The van der Waals surface area contributed by atoms with Gasteiger partial charge in [0.15, 0.2) is 0 Å². The predicted molar refractivity (Wildman–Crippen MR) is 86.0 cm³/mol. The first-order valence-corrected chi connectivity index (χ1v) is 9.23. The summed E-state index contributed by atoms with van der Waals surface area (Å²) in [6.45, 7) is 2.65. The van der Waals surface area contributed by atoms with Crippen LogP contribution in [0.2, 0.25) is 0 Å². The van der Waals surface area contributed by atoms with Crippen LogP contribution in [0, 0.1) is 11.6 Å². The van der Waals surface area contributed by atoms with Crippen molar-refractivity contribution in [1.82, 2.24) is 4.31 Å². The van der Waals surface area contributed by atoms with Crippen molar-refractivity contribution in [3.05, 3.63) is 65.7 Å². The zero-order valence-electron chi connectivity index (χ0n) is 13.1. The SMILES string of the molecule is O=S(=O)(c1cccc(F)c1)N1CC[NH+](Cc2cccc(F)c2)CC1. The Kier molecular flexibility index (Phi) is 4.93. The van der Waals surface area contributed by atoms with Crippen LogP contribution in [-0.4, -0.2) is 38.9 Å². The average Bonchev–Trinajstić information content (AvgIpc) is 2.55. The standard InChI is InChI=1S/C17H18F2N2O2S/c18-15-4-1-3-14(11-15)13-20-7-9-21(10-8-20)24(22,23)17-6-2-5-16(19)12-17/h1-6,11-12H,7-10,13H2/p+1. The molecule has 0 amide bonds. The van der Waals surface area contributed by atoms with Gasteiger partial charge in [-0.15, -0.1) is 0 Å². The zero-order chi connectivity index (χ0) is 17.2. The molecule has 0 aromatic heterocycles. The monoisotopic (exact) mass is 353 g/mol. The van der Waals surface area contributed by atoms with E-state index in [1.54, 1.807) is 6.07 Å². The van der Waals surface area contributed by atoms with E-state index in [0.29, 0.717) is 32.7 Å². The van der Waals surface area contributed by atoms with Crippen molar-refractivity contribution in [2.45, 2.75) is 11.4 Å². The molecule has 1 heterocycles. The van der Waals surface area contributed by atoms with Gasteiger partial charge in [-0.25, -0.2) is 17.2 Å². The highest BCUT2D eigenvalue weighted by atomic mass is 32.2. The van der Waals surface area contributed by atoms with Crippen LogP contribution in [0.4, 0.5) is 8.78 Å². The van der Waals surface area contributed by atoms with E-state index in [1.165, 1.54) is 39.5 Å². The van der Waals surface area contributed by atoms with Gasteiger partial charge in [0.2, 0.25) is 10.0 Å². The van der Waals surface area contributed by atoms with Gasteiger partial charge in [-0.3, -0.25) is 0 Å². The molecule has 0 atom stereocenters. The predicted octanol–water partition coefficient (Wildman–Crippen LogP) is 1.05. The van der Waals surface area contributed by atoms with E-state index in [4.69, 9.17) is 0 Å². The minimum absolute atomic E-state index is 0.0175. The second-order valence-corrected chi connectivity index (χ2v) is 7.86. The van der Waals surface area contributed by atoms with Crippen LogP contribution < -0.4 is 4.90 Å². The topological polar surface area (TPSA) is 41.8 Å². The van der Waals surface area contributed by atoms with Gasteiger partial charge in [0.25, 0.3) is 0 Å². The van der Waals surface area contributed by atoms with E-state index < -0.39 is 15.8 Å².